The van der Waals surface area contributed by atoms with Crippen molar-refractivity contribution in [1.29, 1.82) is 0 Å². The molecular weight excluding hydrogens is 256 g/mol. The van der Waals surface area contributed by atoms with Gasteiger partial charge in [0.2, 0.25) is 11.8 Å². The molecular formula is C15H16N2O3. The third-order valence-electron chi connectivity index (χ3n) is 3.80. The van der Waals surface area contributed by atoms with E-state index >= 15 is 0 Å². The number of carbonyl (C=O) groups excluding carboxylic acids is 3. The summed E-state index contributed by atoms with van der Waals surface area (Å²) in [6.07, 6.45) is 2.08. The summed E-state index contributed by atoms with van der Waals surface area (Å²) in [5.74, 6) is -1.45. The number of hydrogen-bond donors (Lipinski definition) is 1. The van der Waals surface area contributed by atoms with Crippen molar-refractivity contribution < 1.29 is 14.4 Å². The summed E-state index contributed by atoms with van der Waals surface area (Å²) in [4.78, 5) is 37.4. The van der Waals surface area contributed by atoms with E-state index in [1.54, 1.807) is 12.1 Å². The van der Waals surface area contributed by atoms with Crippen molar-refractivity contribution in [3.8, 4) is 0 Å². The van der Waals surface area contributed by atoms with Gasteiger partial charge in [-0.1, -0.05) is 29.8 Å². The fraction of sp³-hybridized carbons (Fsp3) is 0.400. The summed E-state index contributed by atoms with van der Waals surface area (Å²) < 4.78 is 0. The van der Waals surface area contributed by atoms with Crippen LogP contribution in [0.5, 0.6) is 0 Å². The van der Waals surface area contributed by atoms with Gasteiger partial charge in [0.1, 0.15) is 5.92 Å². The smallest absolute Gasteiger partial charge is 0.277 e. The zero-order valence-electron chi connectivity index (χ0n) is 11.3. The fourth-order valence-electron chi connectivity index (χ4n) is 2.40. The van der Waals surface area contributed by atoms with Gasteiger partial charge >= 0.3 is 6.03 Å². The number of nitrogens with zero attached hydrogens (tertiary/aromatic N) is 1. The summed E-state index contributed by atoms with van der Waals surface area (Å²) in [6, 6.07) is 6.66. The molecule has 1 heterocycles. The molecule has 0 spiro atoms. The number of benzene rings is 1. The van der Waals surface area contributed by atoms with E-state index < -0.39 is 23.8 Å². The second kappa shape index (κ2) is 4.74. The molecule has 5 nitrogen and oxygen atoms in total. The van der Waals surface area contributed by atoms with Crippen molar-refractivity contribution >= 4 is 17.8 Å². The van der Waals surface area contributed by atoms with Crippen LogP contribution >= 0.6 is 0 Å². The van der Waals surface area contributed by atoms with Crippen molar-refractivity contribution in [3.05, 3.63) is 35.4 Å². The first kappa shape index (κ1) is 12.8. The molecule has 1 aromatic rings. The highest BCUT2D eigenvalue weighted by molar-refractivity contribution is 6.19. The van der Waals surface area contributed by atoms with Gasteiger partial charge in [0.15, 0.2) is 0 Å². The largest absolute Gasteiger partial charge is 0.330 e. The second-order valence-corrected chi connectivity index (χ2v) is 5.53. The molecule has 20 heavy (non-hydrogen) atoms. The maximum atomic E-state index is 12.4. The van der Waals surface area contributed by atoms with Crippen LogP contribution in [0.3, 0.4) is 0 Å². The average molecular weight is 272 g/mol. The predicted molar refractivity (Wildman–Crippen MR) is 71.9 cm³/mol. The molecule has 1 unspecified atom stereocenters. The number of imide groups is 2. The quantitative estimate of drug-likeness (QED) is 0.849. The Morgan fingerprint density at radius 1 is 1.15 bits per heavy atom. The number of urea groups is 1. The van der Waals surface area contributed by atoms with Gasteiger partial charge in [-0.05, 0) is 31.2 Å². The number of nitrogens with one attached hydrogen (secondary N) is 1. The fourth-order valence-corrected chi connectivity index (χ4v) is 2.40. The van der Waals surface area contributed by atoms with Crippen LogP contribution in [0.25, 0.3) is 0 Å². The summed E-state index contributed by atoms with van der Waals surface area (Å²) in [5.41, 5.74) is 1.69. The lowest BCUT2D eigenvalue weighted by Gasteiger charge is -2.30. The lowest BCUT2D eigenvalue weighted by molar-refractivity contribution is -0.138. The summed E-state index contributed by atoms with van der Waals surface area (Å²) >= 11 is 0. The van der Waals surface area contributed by atoms with E-state index in [-0.39, 0.29) is 0 Å². The van der Waals surface area contributed by atoms with Gasteiger partial charge < -0.3 is 0 Å². The van der Waals surface area contributed by atoms with Crippen LogP contribution in [0.15, 0.2) is 24.3 Å². The van der Waals surface area contributed by atoms with Crippen LogP contribution in [0.2, 0.25) is 0 Å². The summed E-state index contributed by atoms with van der Waals surface area (Å²) in [7, 11) is 0. The highest BCUT2D eigenvalue weighted by atomic mass is 16.2. The Morgan fingerprint density at radius 2 is 1.80 bits per heavy atom. The van der Waals surface area contributed by atoms with E-state index in [4.69, 9.17) is 0 Å². The molecule has 1 aliphatic heterocycles. The number of carbonyl (C=O) groups is 3. The monoisotopic (exact) mass is 272 g/mol. The summed E-state index contributed by atoms with van der Waals surface area (Å²) in [5, 5.41) is 2.28. The highest BCUT2D eigenvalue weighted by Gasteiger charge is 2.43. The Morgan fingerprint density at radius 3 is 2.40 bits per heavy atom. The maximum Gasteiger partial charge on any atom is 0.330 e. The second-order valence-electron chi connectivity index (χ2n) is 5.53. The summed E-state index contributed by atoms with van der Waals surface area (Å²) in [6.45, 7) is 2.36. The third kappa shape index (κ3) is 2.31. The van der Waals surface area contributed by atoms with Crippen LogP contribution in [0.4, 0.5) is 4.79 Å². The van der Waals surface area contributed by atoms with Crippen LogP contribution in [0.1, 0.15) is 29.9 Å². The molecule has 3 rings (SSSR count). The van der Waals surface area contributed by atoms with Gasteiger partial charge in [-0.15, -0.1) is 0 Å². The molecule has 1 aromatic carbocycles. The van der Waals surface area contributed by atoms with E-state index in [0.29, 0.717) is 18.0 Å². The van der Waals surface area contributed by atoms with Crippen LogP contribution in [-0.2, 0) is 9.59 Å². The Hall–Kier alpha value is -2.17. The minimum Gasteiger partial charge on any atom is -0.277 e. The molecule has 2 fully saturated rings. The lowest BCUT2D eigenvalue weighted by Crippen LogP contribution is -2.57. The molecule has 0 bridgehead atoms. The molecule has 1 aliphatic carbocycles. The minimum absolute atomic E-state index is 0.400. The molecule has 1 atom stereocenters. The first-order valence-corrected chi connectivity index (χ1v) is 6.79. The standard InChI is InChI=1S/C15H16N2O3/c1-9-2-6-11(7-3-9)12-13(18)16-15(20)17(14(12)19)8-10-4-5-10/h2-3,6-7,10,12H,4-5,8H2,1H3,(H,16,18,20). The topological polar surface area (TPSA) is 66.5 Å². The Balaban J connectivity index is 1.88. The highest BCUT2D eigenvalue weighted by Crippen LogP contribution is 2.32. The number of barbiturate groups is 1. The molecule has 1 N–H and O–H groups in total. The Bertz CT molecular complexity index is 575. The third-order valence-corrected chi connectivity index (χ3v) is 3.80. The molecule has 0 aromatic heterocycles. The normalized spacial score (nSPS) is 22.9. The van der Waals surface area contributed by atoms with Gasteiger partial charge in [-0.3, -0.25) is 19.8 Å². The number of hydrogen-bond acceptors (Lipinski definition) is 3. The van der Waals surface area contributed by atoms with E-state index in [2.05, 4.69) is 5.32 Å². The van der Waals surface area contributed by atoms with Gasteiger partial charge in [-0.2, -0.15) is 0 Å². The van der Waals surface area contributed by atoms with Crippen molar-refractivity contribution in [2.45, 2.75) is 25.7 Å². The zero-order valence-corrected chi connectivity index (χ0v) is 11.3. The predicted octanol–water partition coefficient (Wildman–Crippen LogP) is 1.57. The van der Waals surface area contributed by atoms with E-state index in [1.165, 1.54) is 4.90 Å². The molecule has 1 saturated carbocycles. The lowest BCUT2D eigenvalue weighted by atomic mass is 9.94. The zero-order chi connectivity index (χ0) is 14.3. The molecule has 5 heteroatoms. The minimum atomic E-state index is -0.910. The number of amides is 4. The van der Waals surface area contributed by atoms with Crippen molar-refractivity contribution in [3.63, 3.8) is 0 Å². The molecule has 1 saturated heterocycles. The molecule has 4 amide bonds. The first-order valence-electron chi connectivity index (χ1n) is 6.79. The van der Waals surface area contributed by atoms with Gasteiger partial charge in [0.25, 0.3) is 0 Å². The van der Waals surface area contributed by atoms with Crippen molar-refractivity contribution in [2.24, 2.45) is 5.92 Å². The number of rotatable bonds is 3. The van der Waals surface area contributed by atoms with Crippen LogP contribution in [0, 0.1) is 12.8 Å². The molecule has 2 aliphatic rings. The van der Waals surface area contributed by atoms with E-state index in [9.17, 15) is 14.4 Å². The molecule has 0 radical (unpaired) electrons. The van der Waals surface area contributed by atoms with Crippen molar-refractivity contribution in [1.82, 2.24) is 10.2 Å². The van der Waals surface area contributed by atoms with Crippen LogP contribution in [-0.4, -0.2) is 29.3 Å². The van der Waals surface area contributed by atoms with Crippen LogP contribution < -0.4 is 5.32 Å². The average Bonchev–Trinajstić information content (AvgIpc) is 3.20. The van der Waals surface area contributed by atoms with E-state index in [1.807, 2.05) is 19.1 Å². The van der Waals surface area contributed by atoms with Gasteiger partial charge in [-0.25, -0.2) is 4.79 Å². The van der Waals surface area contributed by atoms with Gasteiger partial charge in [0, 0.05) is 6.54 Å². The van der Waals surface area contributed by atoms with Crippen molar-refractivity contribution in [2.75, 3.05) is 6.54 Å². The van der Waals surface area contributed by atoms with Gasteiger partial charge in [0.05, 0.1) is 0 Å². The number of aryl methyl sites for hydroxylation is 1. The molecule has 104 valence electrons. The Kier molecular flexibility index (Phi) is 3.04. The SMILES string of the molecule is Cc1ccc(C2C(=O)NC(=O)N(CC3CC3)C2=O)cc1. The maximum absolute atomic E-state index is 12.4. The Labute approximate surface area is 116 Å². The first-order chi connectivity index (χ1) is 9.56. The van der Waals surface area contributed by atoms with E-state index in [0.717, 1.165) is 18.4 Å².